The normalized spacial score (nSPS) is 11.7. The van der Waals surface area contributed by atoms with Crippen molar-refractivity contribution < 1.29 is 9.53 Å². The minimum absolute atomic E-state index is 0.209. The van der Waals surface area contributed by atoms with Gasteiger partial charge in [0.2, 0.25) is 5.91 Å². The molecule has 24 heavy (non-hydrogen) atoms. The molecule has 0 aliphatic heterocycles. The van der Waals surface area contributed by atoms with Gasteiger partial charge in [-0.3, -0.25) is 4.79 Å². The van der Waals surface area contributed by atoms with Gasteiger partial charge in [-0.1, -0.05) is 36.2 Å². The van der Waals surface area contributed by atoms with Gasteiger partial charge in [0.25, 0.3) is 0 Å². The molecular weight excluding hydrogens is 347 g/mol. The van der Waals surface area contributed by atoms with E-state index in [1.807, 2.05) is 24.3 Å². The molecule has 0 spiro atoms. The van der Waals surface area contributed by atoms with E-state index in [2.05, 4.69) is 17.6 Å². The summed E-state index contributed by atoms with van der Waals surface area (Å²) in [6, 6.07) is 12.0. The number of rotatable bonds is 7. The average molecular weight is 367 g/mol. The highest BCUT2D eigenvalue weighted by molar-refractivity contribution is 6.35. The van der Waals surface area contributed by atoms with Crippen LogP contribution in [0.2, 0.25) is 10.0 Å². The Balaban J connectivity index is 1.99. The van der Waals surface area contributed by atoms with Crippen molar-refractivity contribution in [2.75, 3.05) is 17.2 Å². The van der Waals surface area contributed by atoms with Gasteiger partial charge in [0.15, 0.2) is 0 Å². The molecule has 0 aliphatic carbocycles. The smallest absolute Gasteiger partial charge is 0.246 e. The van der Waals surface area contributed by atoms with E-state index in [-0.39, 0.29) is 5.91 Å². The van der Waals surface area contributed by atoms with Gasteiger partial charge in [0, 0.05) is 16.8 Å². The van der Waals surface area contributed by atoms with E-state index < -0.39 is 6.04 Å². The zero-order chi connectivity index (χ0) is 17.5. The first kappa shape index (κ1) is 18.4. The molecule has 1 amide bonds. The van der Waals surface area contributed by atoms with E-state index in [4.69, 9.17) is 27.9 Å². The Labute approximate surface area is 152 Å². The largest absolute Gasteiger partial charge is 0.494 e. The summed E-state index contributed by atoms with van der Waals surface area (Å²) in [6.07, 6.45) is 0.941. The molecule has 2 aromatic rings. The predicted octanol–water partition coefficient (Wildman–Crippen LogP) is 5.22. The third kappa shape index (κ3) is 5.32. The molecule has 1 unspecified atom stereocenters. The van der Waals surface area contributed by atoms with Gasteiger partial charge in [-0.05, 0) is 43.7 Å². The third-order valence-electron chi connectivity index (χ3n) is 3.27. The first-order valence-electron chi connectivity index (χ1n) is 7.75. The number of carbonyl (C=O) groups is 1. The highest BCUT2D eigenvalue weighted by Crippen LogP contribution is 2.26. The first-order valence-corrected chi connectivity index (χ1v) is 8.50. The summed E-state index contributed by atoms with van der Waals surface area (Å²) in [5, 5.41) is 6.87. The van der Waals surface area contributed by atoms with Crippen molar-refractivity contribution in [3.63, 3.8) is 0 Å². The van der Waals surface area contributed by atoms with Crippen LogP contribution in [0.25, 0.3) is 0 Å². The monoisotopic (exact) mass is 366 g/mol. The molecule has 0 aliphatic rings. The van der Waals surface area contributed by atoms with Gasteiger partial charge in [-0.15, -0.1) is 0 Å². The van der Waals surface area contributed by atoms with Gasteiger partial charge >= 0.3 is 0 Å². The fraction of sp³-hybridized carbons (Fsp3) is 0.278. The van der Waals surface area contributed by atoms with Crippen LogP contribution in [0.15, 0.2) is 42.5 Å². The van der Waals surface area contributed by atoms with Crippen LogP contribution in [0.5, 0.6) is 5.75 Å². The molecule has 128 valence electrons. The molecule has 2 aromatic carbocycles. The molecule has 1 atom stereocenters. The summed E-state index contributed by atoms with van der Waals surface area (Å²) in [5.74, 6) is 0.561. The predicted molar refractivity (Wildman–Crippen MR) is 100 cm³/mol. The number of halogens is 2. The number of carbonyl (C=O) groups excluding carboxylic acids is 1. The molecular formula is C18H20Cl2N2O2. The maximum atomic E-state index is 12.3. The summed E-state index contributed by atoms with van der Waals surface area (Å²) in [6.45, 7) is 4.48. The second-order valence-electron chi connectivity index (χ2n) is 5.36. The van der Waals surface area contributed by atoms with Crippen LogP contribution in [-0.2, 0) is 4.79 Å². The van der Waals surface area contributed by atoms with Crippen LogP contribution in [0, 0.1) is 0 Å². The van der Waals surface area contributed by atoms with E-state index in [0.717, 1.165) is 17.9 Å². The number of hydrogen-bond acceptors (Lipinski definition) is 3. The summed E-state index contributed by atoms with van der Waals surface area (Å²) in [7, 11) is 0. The van der Waals surface area contributed by atoms with Gasteiger partial charge in [0.05, 0.1) is 17.3 Å². The average Bonchev–Trinajstić information content (AvgIpc) is 2.56. The van der Waals surface area contributed by atoms with Crippen LogP contribution in [0.1, 0.15) is 20.3 Å². The Morgan fingerprint density at radius 2 is 2.00 bits per heavy atom. The zero-order valence-corrected chi connectivity index (χ0v) is 15.1. The highest BCUT2D eigenvalue weighted by Gasteiger charge is 2.14. The lowest BCUT2D eigenvalue weighted by Crippen LogP contribution is -2.31. The van der Waals surface area contributed by atoms with E-state index in [1.165, 1.54) is 0 Å². The molecule has 0 saturated carbocycles. The summed E-state index contributed by atoms with van der Waals surface area (Å²) in [4.78, 5) is 12.3. The number of nitrogens with one attached hydrogen (secondary N) is 2. The molecule has 2 N–H and O–H groups in total. The Hall–Kier alpha value is -1.91. The van der Waals surface area contributed by atoms with Gasteiger partial charge in [-0.25, -0.2) is 0 Å². The zero-order valence-electron chi connectivity index (χ0n) is 13.6. The summed E-state index contributed by atoms with van der Waals surface area (Å²) < 4.78 is 5.59. The number of ether oxygens (including phenoxy) is 1. The molecule has 0 saturated heterocycles. The van der Waals surface area contributed by atoms with Crippen molar-refractivity contribution in [3.05, 3.63) is 52.5 Å². The molecule has 0 fully saturated rings. The Bertz CT molecular complexity index is 707. The second-order valence-corrected chi connectivity index (χ2v) is 6.20. The minimum Gasteiger partial charge on any atom is -0.494 e. The highest BCUT2D eigenvalue weighted by atomic mass is 35.5. The van der Waals surface area contributed by atoms with Crippen molar-refractivity contribution >= 4 is 40.5 Å². The Morgan fingerprint density at radius 1 is 1.21 bits per heavy atom. The molecule has 0 bridgehead atoms. The molecule has 0 aromatic heterocycles. The minimum atomic E-state index is -0.457. The number of amides is 1. The number of hydrogen-bond donors (Lipinski definition) is 2. The van der Waals surface area contributed by atoms with Crippen LogP contribution >= 0.6 is 23.2 Å². The van der Waals surface area contributed by atoms with Crippen molar-refractivity contribution in [2.24, 2.45) is 0 Å². The van der Waals surface area contributed by atoms with E-state index in [0.29, 0.717) is 22.3 Å². The molecule has 2 rings (SSSR count). The third-order valence-corrected chi connectivity index (χ3v) is 3.83. The van der Waals surface area contributed by atoms with Gasteiger partial charge in [0.1, 0.15) is 11.8 Å². The lowest BCUT2D eigenvalue weighted by Gasteiger charge is -2.16. The standard InChI is InChI=1S/C18H20Cl2N2O2/c1-3-9-24-15-6-4-5-14(11-15)21-12(2)18(23)22-17-10-13(19)7-8-16(17)20/h4-8,10-12,21H,3,9H2,1-2H3,(H,22,23). The number of anilines is 2. The molecule has 0 radical (unpaired) electrons. The Morgan fingerprint density at radius 3 is 2.75 bits per heavy atom. The lowest BCUT2D eigenvalue weighted by atomic mass is 10.2. The molecule has 6 heteroatoms. The Kier molecular flexibility index (Phi) is 6.76. The van der Waals surface area contributed by atoms with Gasteiger partial charge in [-0.2, -0.15) is 0 Å². The fourth-order valence-electron chi connectivity index (χ4n) is 2.05. The van der Waals surface area contributed by atoms with Gasteiger partial charge < -0.3 is 15.4 Å². The second kappa shape index (κ2) is 8.81. The quantitative estimate of drug-likeness (QED) is 0.705. The van der Waals surface area contributed by atoms with Crippen LogP contribution in [-0.4, -0.2) is 18.6 Å². The lowest BCUT2D eigenvalue weighted by molar-refractivity contribution is -0.116. The SMILES string of the molecule is CCCOc1cccc(NC(C)C(=O)Nc2cc(Cl)ccc2Cl)c1. The van der Waals surface area contributed by atoms with E-state index in [1.54, 1.807) is 25.1 Å². The number of benzene rings is 2. The summed E-state index contributed by atoms with van der Waals surface area (Å²) in [5.41, 5.74) is 1.30. The van der Waals surface area contributed by atoms with E-state index >= 15 is 0 Å². The van der Waals surface area contributed by atoms with Crippen molar-refractivity contribution in [1.82, 2.24) is 0 Å². The topological polar surface area (TPSA) is 50.4 Å². The molecule has 4 nitrogen and oxygen atoms in total. The fourth-order valence-corrected chi connectivity index (χ4v) is 2.38. The maximum absolute atomic E-state index is 12.3. The molecule has 0 heterocycles. The van der Waals surface area contributed by atoms with Crippen LogP contribution < -0.4 is 15.4 Å². The first-order chi connectivity index (χ1) is 11.5. The maximum Gasteiger partial charge on any atom is 0.246 e. The van der Waals surface area contributed by atoms with Crippen molar-refractivity contribution in [2.45, 2.75) is 26.3 Å². The van der Waals surface area contributed by atoms with Crippen LogP contribution in [0.4, 0.5) is 11.4 Å². The van der Waals surface area contributed by atoms with Crippen LogP contribution in [0.3, 0.4) is 0 Å². The van der Waals surface area contributed by atoms with E-state index in [9.17, 15) is 4.79 Å². The summed E-state index contributed by atoms with van der Waals surface area (Å²) >= 11 is 12.0. The van der Waals surface area contributed by atoms with Crippen molar-refractivity contribution in [3.8, 4) is 5.75 Å². The van der Waals surface area contributed by atoms with Crippen molar-refractivity contribution in [1.29, 1.82) is 0 Å².